The molecule has 6 nitrogen and oxygen atoms in total. The van der Waals surface area contributed by atoms with E-state index >= 15 is 0 Å². The summed E-state index contributed by atoms with van der Waals surface area (Å²) < 4.78 is 10.8. The van der Waals surface area contributed by atoms with E-state index in [2.05, 4.69) is 27.3 Å². The van der Waals surface area contributed by atoms with Gasteiger partial charge in [-0.3, -0.25) is 9.69 Å². The normalized spacial score (nSPS) is 13.9. The van der Waals surface area contributed by atoms with Crippen molar-refractivity contribution in [1.29, 1.82) is 0 Å². The molecule has 3 aromatic rings. The summed E-state index contributed by atoms with van der Waals surface area (Å²) in [5.41, 5.74) is 3.98. The number of nitrogens with one attached hydrogen (secondary N) is 2. The summed E-state index contributed by atoms with van der Waals surface area (Å²) in [6.07, 6.45) is 0.951. The molecule has 2 aromatic carbocycles. The number of carbonyl (C=O) groups is 1. The van der Waals surface area contributed by atoms with E-state index in [4.69, 9.17) is 21.1 Å². The quantitative estimate of drug-likeness (QED) is 0.647. The lowest BCUT2D eigenvalue weighted by atomic mass is 9.99. The molecule has 0 saturated carbocycles. The van der Waals surface area contributed by atoms with Crippen LogP contribution in [0, 0.1) is 0 Å². The maximum atomic E-state index is 12.5. The Morgan fingerprint density at radius 3 is 2.66 bits per heavy atom. The molecule has 0 radical (unpaired) electrons. The number of rotatable bonds is 6. The minimum atomic E-state index is -0.110. The number of carbonyl (C=O) groups excluding carboxylic acids is 1. The number of halogens is 1. The van der Waals surface area contributed by atoms with E-state index in [-0.39, 0.29) is 5.91 Å². The Morgan fingerprint density at radius 2 is 1.90 bits per heavy atom. The van der Waals surface area contributed by atoms with E-state index in [1.54, 1.807) is 20.3 Å². The third kappa shape index (κ3) is 4.18. The predicted octanol–water partition coefficient (Wildman–Crippen LogP) is 3.63. The SMILES string of the molecule is COc1cc2c(cc1OC)CN(CCNC(=O)c1cc3cc(Cl)ccc3[nH]1)CC2. The number of hydrogen-bond acceptors (Lipinski definition) is 4. The van der Waals surface area contributed by atoms with Gasteiger partial charge in [0.05, 0.1) is 14.2 Å². The number of hydrogen-bond donors (Lipinski definition) is 2. The summed E-state index contributed by atoms with van der Waals surface area (Å²) in [5.74, 6) is 1.41. The molecule has 0 spiro atoms. The molecular formula is C22H24ClN3O3. The van der Waals surface area contributed by atoms with Crippen molar-refractivity contribution in [3.63, 3.8) is 0 Å². The zero-order valence-corrected chi connectivity index (χ0v) is 17.3. The maximum absolute atomic E-state index is 12.5. The Bertz CT molecular complexity index is 1050. The molecule has 4 rings (SSSR count). The number of nitrogens with zero attached hydrogens (tertiary/aromatic N) is 1. The monoisotopic (exact) mass is 413 g/mol. The second kappa shape index (κ2) is 8.35. The van der Waals surface area contributed by atoms with E-state index in [0.717, 1.165) is 48.5 Å². The number of ether oxygens (including phenoxy) is 2. The van der Waals surface area contributed by atoms with E-state index in [1.807, 2.05) is 18.2 Å². The zero-order valence-electron chi connectivity index (χ0n) is 16.5. The van der Waals surface area contributed by atoms with Crippen LogP contribution in [-0.2, 0) is 13.0 Å². The van der Waals surface area contributed by atoms with Crippen LogP contribution < -0.4 is 14.8 Å². The molecule has 0 aliphatic carbocycles. The third-order valence-corrected chi connectivity index (χ3v) is 5.57. The average Bonchev–Trinajstić information content (AvgIpc) is 3.15. The van der Waals surface area contributed by atoms with Crippen molar-refractivity contribution in [3.8, 4) is 11.5 Å². The number of benzene rings is 2. The molecule has 29 heavy (non-hydrogen) atoms. The molecule has 1 aliphatic rings. The highest BCUT2D eigenvalue weighted by Crippen LogP contribution is 2.33. The lowest BCUT2D eigenvalue weighted by molar-refractivity contribution is 0.0943. The summed E-state index contributed by atoms with van der Waals surface area (Å²) in [6.45, 7) is 3.14. The predicted molar refractivity (Wildman–Crippen MR) is 114 cm³/mol. The minimum Gasteiger partial charge on any atom is -0.493 e. The minimum absolute atomic E-state index is 0.110. The Morgan fingerprint density at radius 1 is 1.14 bits per heavy atom. The summed E-state index contributed by atoms with van der Waals surface area (Å²) in [4.78, 5) is 17.9. The fourth-order valence-electron chi connectivity index (χ4n) is 3.78. The van der Waals surface area contributed by atoms with Gasteiger partial charge in [0.2, 0.25) is 0 Å². The molecule has 1 aromatic heterocycles. The summed E-state index contributed by atoms with van der Waals surface area (Å²) in [7, 11) is 3.31. The van der Waals surface area contributed by atoms with E-state index in [1.165, 1.54) is 11.1 Å². The van der Waals surface area contributed by atoms with Crippen LogP contribution in [0.25, 0.3) is 10.9 Å². The molecule has 0 saturated heterocycles. The van der Waals surface area contributed by atoms with Crippen LogP contribution in [0.1, 0.15) is 21.6 Å². The molecule has 1 aliphatic heterocycles. The van der Waals surface area contributed by atoms with Gasteiger partial charge in [0.1, 0.15) is 5.69 Å². The second-order valence-corrected chi connectivity index (χ2v) is 7.61. The Hall–Kier alpha value is -2.70. The van der Waals surface area contributed by atoms with Crippen LogP contribution in [0.4, 0.5) is 0 Å². The highest BCUT2D eigenvalue weighted by atomic mass is 35.5. The number of aromatic nitrogens is 1. The number of amides is 1. The smallest absolute Gasteiger partial charge is 0.267 e. The van der Waals surface area contributed by atoms with Crippen molar-refractivity contribution in [2.24, 2.45) is 0 Å². The number of aromatic amines is 1. The van der Waals surface area contributed by atoms with Gasteiger partial charge in [-0.15, -0.1) is 0 Å². The summed E-state index contributed by atoms with van der Waals surface area (Å²) in [5, 5.41) is 4.58. The summed E-state index contributed by atoms with van der Waals surface area (Å²) in [6, 6.07) is 11.5. The Labute approximate surface area is 174 Å². The number of fused-ring (bicyclic) bond motifs is 2. The average molecular weight is 414 g/mol. The van der Waals surface area contributed by atoms with E-state index in [9.17, 15) is 4.79 Å². The van der Waals surface area contributed by atoms with Crippen molar-refractivity contribution in [1.82, 2.24) is 15.2 Å². The van der Waals surface area contributed by atoms with Crippen molar-refractivity contribution in [3.05, 3.63) is 58.2 Å². The first-order valence-electron chi connectivity index (χ1n) is 9.60. The van der Waals surface area contributed by atoms with Gasteiger partial charge in [0.25, 0.3) is 5.91 Å². The maximum Gasteiger partial charge on any atom is 0.267 e. The van der Waals surface area contributed by atoms with Crippen molar-refractivity contribution in [2.75, 3.05) is 33.9 Å². The molecule has 2 N–H and O–H groups in total. The molecule has 1 amide bonds. The lowest BCUT2D eigenvalue weighted by Gasteiger charge is -2.29. The van der Waals surface area contributed by atoms with Crippen LogP contribution in [0.15, 0.2) is 36.4 Å². The topological polar surface area (TPSA) is 66.6 Å². The van der Waals surface area contributed by atoms with Gasteiger partial charge < -0.3 is 19.8 Å². The van der Waals surface area contributed by atoms with Gasteiger partial charge in [-0.2, -0.15) is 0 Å². The van der Waals surface area contributed by atoms with Crippen LogP contribution in [0.5, 0.6) is 11.5 Å². The van der Waals surface area contributed by atoms with Crippen LogP contribution in [-0.4, -0.2) is 49.6 Å². The Balaban J connectivity index is 1.34. The van der Waals surface area contributed by atoms with Crippen LogP contribution in [0.2, 0.25) is 5.02 Å². The molecule has 7 heteroatoms. The Kier molecular flexibility index (Phi) is 5.65. The van der Waals surface area contributed by atoms with E-state index < -0.39 is 0 Å². The first-order chi connectivity index (χ1) is 14.1. The lowest BCUT2D eigenvalue weighted by Crippen LogP contribution is -2.37. The first kappa shape index (κ1) is 19.6. The van der Waals surface area contributed by atoms with Gasteiger partial charge in [0.15, 0.2) is 11.5 Å². The van der Waals surface area contributed by atoms with Crippen molar-refractivity contribution in [2.45, 2.75) is 13.0 Å². The second-order valence-electron chi connectivity index (χ2n) is 7.17. The highest BCUT2D eigenvalue weighted by Gasteiger charge is 2.19. The van der Waals surface area contributed by atoms with Crippen molar-refractivity contribution >= 4 is 28.4 Å². The fourth-order valence-corrected chi connectivity index (χ4v) is 3.96. The fraction of sp³-hybridized carbons (Fsp3) is 0.318. The molecule has 152 valence electrons. The summed E-state index contributed by atoms with van der Waals surface area (Å²) >= 11 is 6.01. The van der Waals surface area contributed by atoms with Crippen LogP contribution >= 0.6 is 11.6 Å². The molecule has 0 unspecified atom stereocenters. The molecule has 0 bridgehead atoms. The number of methoxy groups -OCH3 is 2. The van der Waals surface area contributed by atoms with Crippen molar-refractivity contribution < 1.29 is 14.3 Å². The number of H-pyrrole nitrogens is 1. The van der Waals surface area contributed by atoms with Gasteiger partial charge in [-0.05, 0) is 53.9 Å². The molecule has 2 heterocycles. The molecular weight excluding hydrogens is 390 g/mol. The third-order valence-electron chi connectivity index (χ3n) is 5.34. The van der Waals surface area contributed by atoms with Gasteiger partial charge in [0, 0.05) is 42.1 Å². The van der Waals surface area contributed by atoms with Gasteiger partial charge in [-0.25, -0.2) is 0 Å². The molecule has 0 fully saturated rings. The van der Waals surface area contributed by atoms with Gasteiger partial charge in [-0.1, -0.05) is 11.6 Å². The first-order valence-corrected chi connectivity index (χ1v) is 9.98. The zero-order chi connectivity index (χ0) is 20.4. The highest BCUT2D eigenvalue weighted by molar-refractivity contribution is 6.31. The standard InChI is InChI=1S/C22H24ClN3O3/c1-28-20-11-14-5-7-26(13-16(14)12-21(20)29-2)8-6-24-22(27)19-10-15-9-17(23)3-4-18(15)25-19/h3-4,9-12,25H,5-8,13H2,1-2H3,(H,24,27). The largest absolute Gasteiger partial charge is 0.493 e. The van der Waals surface area contributed by atoms with Gasteiger partial charge >= 0.3 is 0 Å². The molecule has 0 atom stereocenters. The van der Waals surface area contributed by atoms with E-state index in [0.29, 0.717) is 17.3 Å². The van der Waals surface area contributed by atoms with Crippen LogP contribution in [0.3, 0.4) is 0 Å².